The Morgan fingerprint density at radius 3 is 2.24 bits per heavy atom. The van der Waals surface area contributed by atoms with Gasteiger partial charge in [0.1, 0.15) is 0 Å². The van der Waals surface area contributed by atoms with E-state index in [0.29, 0.717) is 36.8 Å². The molecule has 1 aliphatic rings. The van der Waals surface area contributed by atoms with Gasteiger partial charge in [0.2, 0.25) is 15.9 Å². The number of carbonyl (C=O) groups is 1. The number of thioether (sulfide) groups is 1. The molecule has 8 heteroatoms. The molecule has 0 radical (unpaired) electrons. The first kappa shape index (κ1) is 22.3. The molecule has 0 aliphatic carbocycles. The van der Waals surface area contributed by atoms with Crippen LogP contribution in [0.2, 0.25) is 0 Å². The number of rotatable bonds is 5. The number of hydrogen-bond acceptors (Lipinski definition) is 4. The van der Waals surface area contributed by atoms with Gasteiger partial charge in [-0.2, -0.15) is 4.31 Å². The van der Waals surface area contributed by atoms with Crippen LogP contribution in [0.15, 0.2) is 50.7 Å². The average Bonchev–Trinajstić information content (AvgIpc) is 2.70. The van der Waals surface area contributed by atoms with E-state index in [0.717, 1.165) is 26.1 Å². The standard InChI is InChI=1S/C21H25BrN2O3S2/c1-15-4-6-18(7-5-15)29(26,27)24-10-8-23(9-11-24)21(25)14-28-20-13-16(2)19(22)12-17(20)3/h4-7,12-13H,8-11,14H2,1-3H3. The summed E-state index contributed by atoms with van der Waals surface area (Å²) in [4.78, 5) is 15.8. The van der Waals surface area contributed by atoms with Gasteiger partial charge in [0.05, 0.1) is 10.6 Å². The maximum absolute atomic E-state index is 12.8. The molecular weight excluding hydrogens is 472 g/mol. The van der Waals surface area contributed by atoms with E-state index >= 15 is 0 Å². The summed E-state index contributed by atoms with van der Waals surface area (Å²) in [6, 6.07) is 11.0. The van der Waals surface area contributed by atoms with Crippen molar-refractivity contribution in [2.45, 2.75) is 30.6 Å². The molecule has 0 aromatic heterocycles. The highest BCUT2D eigenvalue weighted by atomic mass is 79.9. The van der Waals surface area contributed by atoms with Gasteiger partial charge in [-0.1, -0.05) is 33.6 Å². The zero-order valence-corrected chi connectivity index (χ0v) is 20.0. The number of piperazine rings is 1. The van der Waals surface area contributed by atoms with Crippen molar-refractivity contribution in [3.63, 3.8) is 0 Å². The van der Waals surface area contributed by atoms with Gasteiger partial charge in [-0.15, -0.1) is 11.8 Å². The van der Waals surface area contributed by atoms with Crippen molar-refractivity contribution in [2.75, 3.05) is 31.9 Å². The summed E-state index contributed by atoms with van der Waals surface area (Å²) in [7, 11) is -3.51. The maximum Gasteiger partial charge on any atom is 0.243 e. The number of halogens is 1. The van der Waals surface area contributed by atoms with Crippen LogP contribution in [0.3, 0.4) is 0 Å². The molecule has 0 spiro atoms. The molecule has 156 valence electrons. The molecule has 0 unspecified atom stereocenters. The third-order valence-corrected chi connectivity index (χ3v) is 8.97. The van der Waals surface area contributed by atoms with Crippen molar-refractivity contribution in [3.05, 3.63) is 57.6 Å². The van der Waals surface area contributed by atoms with E-state index in [4.69, 9.17) is 0 Å². The normalized spacial score (nSPS) is 15.5. The van der Waals surface area contributed by atoms with Crippen molar-refractivity contribution in [1.29, 1.82) is 0 Å². The van der Waals surface area contributed by atoms with Crippen LogP contribution in [0.25, 0.3) is 0 Å². The lowest BCUT2D eigenvalue weighted by Crippen LogP contribution is -2.50. The van der Waals surface area contributed by atoms with Gasteiger partial charge in [-0.3, -0.25) is 4.79 Å². The Hall–Kier alpha value is -1.35. The number of benzene rings is 2. The smallest absolute Gasteiger partial charge is 0.243 e. The molecule has 1 fully saturated rings. The molecule has 3 rings (SSSR count). The zero-order valence-electron chi connectivity index (χ0n) is 16.8. The third-order valence-electron chi connectivity index (χ3n) is 5.06. The predicted octanol–water partition coefficient (Wildman–Crippen LogP) is 4.00. The highest BCUT2D eigenvalue weighted by Crippen LogP contribution is 2.28. The molecule has 1 saturated heterocycles. The van der Waals surface area contributed by atoms with Crippen LogP contribution in [0.4, 0.5) is 0 Å². The fourth-order valence-electron chi connectivity index (χ4n) is 3.18. The first-order valence-corrected chi connectivity index (χ1v) is 12.6. The average molecular weight is 497 g/mol. The van der Waals surface area contributed by atoms with Crippen LogP contribution in [-0.4, -0.2) is 55.5 Å². The van der Waals surface area contributed by atoms with Crippen molar-refractivity contribution >= 4 is 43.6 Å². The van der Waals surface area contributed by atoms with Crippen molar-refractivity contribution < 1.29 is 13.2 Å². The minimum Gasteiger partial charge on any atom is -0.339 e. The van der Waals surface area contributed by atoms with Crippen molar-refractivity contribution in [1.82, 2.24) is 9.21 Å². The Labute approximate surface area is 185 Å². The Morgan fingerprint density at radius 1 is 1.00 bits per heavy atom. The zero-order chi connectivity index (χ0) is 21.2. The number of aryl methyl sites for hydroxylation is 3. The van der Waals surface area contributed by atoms with Gasteiger partial charge < -0.3 is 4.90 Å². The van der Waals surface area contributed by atoms with E-state index in [2.05, 4.69) is 28.1 Å². The van der Waals surface area contributed by atoms with E-state index in [9.17, 15) is 13.2 Å². The molecule has 1 heterocycles. The van der Waals surface area contributed by atoms with Crippen LogP contribution in [0.5, 0.6) is 0 Å². The minimum atomic E-state index is -3.51. The summed E-state index contributed by atoms with van der Waals surface area (Å²) in [5.74, 6) is 0.398. The van der Waals surface area contributed by atoms with Gasteiger partial charge >= 0.3 is 0 Å². The van der Waals surface area contributed by atoms with Crippen LogP contribution in [0, 0.1) is 20.8 Å². The molecule has 2 aromatic rings. The lowest BCUT2D eigenvalue weighted by atomic mass is 10.2. The van der Waals surface area contributed by atoms with Crippen molar-refractivity contribution in [3.8, 4) is 0 Å². The first-order valence-electron chi connectivity index (χ1n) is 9.42. The molecule has 29 heavy (non-hydrogen) atoms. The highest BCUT2D eigenvalue weighted by molar-refractivity contribution is 9.10. The Balaban J connectivity index is 1.57. The SMILES string of the molecule is Cc1ccc(S(=O)(=O)N2CCN(C(=O)CSc3cc(C)c(Br)cc3C)CC2)cc1. The Morgan fingerprint density at radius 2 is 1.62 bits per heavy atom. The number of carbonyl (C=O) groups excluding carboxylic acids is 1. The highest BCUT2D eigenvalue weighted by Gasteiger charge is 2.30. The summed E-state index contributed by atoms with van der Waals surface area (Å²) in [5.41, 5.74) is 3.29. The second kappa shape index (κ2) is 9.20. The monoisotopic (exact) mass is 496 g/mol. The third kappa shape index (κ3) is 5.23. The van der Waals surface area contributed by atoms with Crippen LogP contribution >= 0.6 is 27.7 Å². The molecule has 2 aromatic carbocycles. The van der Waals surface area contributed by atoms with E-state index in [-0.39, 0.29) is 5.91 Å². The number of sulfonamides is 1. The topological polar surface area (TPSA) is 57.7 Å². The van der Waals surface area contributed by atoms with Crippen LogP contribution in [-0.2, 0) is 14.8 Å². The summed E-state index contributed by atoms with van der Waals surface area (Å²) >= 11 is 5.06. The van der Waals surface area contributed by atoms with E-state index in [1.54, 1.807) is 29.2 Å². The van der Waals surface area contributed by atoms with E-state index in [1.165, 1.54) is 16.1 Å². The number of hydrogen-bond donors (Lipinski definition) is 0. The van der Waals surface area contributed by atoms with Gasteiger partial charge in [-0.25, -0.2) is 8.42 Å². The molecule has 0 atom stereocenters. The van der Waals surface area contributed by atoms with Gasteiger partial charge in [0, 0.05) is 35.5 Å². The largest absolute Gasteiger partial charge is 0.339 e. The van der Waals surface area contributed by atoms with Gasteiger partial charge in [-0.05, 0) is 56.2 Å². The van der Waals surface area contributed by atoms with E-state index < -0.39 is 10.0 Å². The van der Waals surface area contributed by atoms with Gasteiger partial charge in [0.25, 0.3) is 0 Å². The van der Waals surface area contributed by atoms with Crippen LogP contribution < -0.4 is 0 Å². The fourth-order valence-corrected chi connectivity index (χ4v) is 6.07. The summed E-state index contributed by atoms with van der Waals surface area (Å²) in [6.07, 6.45) is 0. The molecule has 0 N–H and O–H groups in total. The maximum atomic E-state index is 12.8. The molecule has 0 saturated carbocycles. The fraction of sp³-hybridized carbons (Fsp3) is 0.381. The second-order valence-corrected chi connectivity index (χ2v) is 11.1. The summed E-state index contributed by atoms with van der Waals surface area (Å²) in [5, 5.41) is 0. The molecule has 5 nitrogen and oxygen atoms in total. The Kier molecular flexibility index (Phi) is 7.09. The predicted molar refractivity (Wildman–Crippen MR) is 121 cm³/mol. The molecule has 0 bridgehead atoms. The minimum absolute atomic E-state index is 0.0438. The number of amides is 1. The van der Waals surface area contributed by atoms with Crippen LogP contribution in [0.1, 0.15) is 16.7 Å². The first-order chi connectivity index (χ1) is 13.7. The molecular formula is C21H25BrN2O3S2. The molecule has 1 amide bonds. The summed E-state index contributed by atoms with van der Waals surface area (Å²) in [6.45, 7) is 7.47. The Bertz CT molecular complexity index is 999. The van der Waals surface area contributed by atoms with E-state index in [1.807, 2.05) is 20.8 Å². The summed E-state index contributed by atoms with van der Waals surface area (Å²) < 4.78 is 28.1. The van der Waals surface area contributed by atoms with Gasteiger partial charge in [0.15, 0.2) is 0 Å². The quantitative estimate of drug-likeness (QED) is 0.587. The number of nitrogens with zero attached hydrogens (tertiary/aromatic N) is 2. The lowest BCUT2D eigenvalue weighted by Gasteiger charge is -2.34. The second-order valence-electron chi connectivity index (χ2n) is 7.25. The molecule has 1 aliphatic heterocycles. The van der Waals surface area contributed by atoms with Crippen molar-refractivity contribution in [2.24, 2.45) is 0 Å². The lowest BCUT2D eigenvalue weighted by molar-refractivity contribution is -0.129.